The van der Waals surface area contributed by atoms with Gasteiger partial charge in [-0.15, -0.1) is 0 Å². The van der Waals surface area contributed by atoms with Crippen molar-refractivity contribution in [1.82, 2.24) is 0 Å². The standard InChI is InChI=1S/C12H16O4/c1-16-12(15)8-5-2-6-4-7(3-5)11(14)9(8)10(6)13/h5-10,13H,2-4H2,1H3/t5-,6+,7-,8-,9+,10+/m1/s1. The molecule has 1 N–H and O–H groups in total. The molecule has 0 radical (unpaired) electrons. The molecular weight excluding hydrogens is 208 g/mol. The van der Waals surface area contributed by atoms with Crippen molar-refractivity contribution in [3.8, 4) is 0 Å². The van der Waals surface area contributed by atoms with Crippen LogP contribution in [0.4, 0.5) is 0 Å². The van der Waals surface area contributed by atoms with E-state index in [0.717, 1.165) is 19.3 Å². The quantitative estimate of drug-likeness (QED) is 0.654. The van der Waals surface area contributed by atoms with Gasteiger partial charge in [-0.2, -0.15) is 0 Å². The van der Waals surface area contributed by atoms with E-state index in [-0.39, 0.29) is 35.4 Å². The first-order chi connectivity index (χ1) is 7.63. The zero-order chi connectivity index (χ0) is 11.4. The Morgan fingerprint density at radius 3 is 2.69 bits per heavy atom. The van der Waals surface area contributed by atoms with Gasteiger partial charge >= 0.3 is 5.97 Å². The van der Waals surface area contributed by atoms with Gasteiger partial charge < -0.3 is 9.84 Å². The summed E-state index contributed by atoms with van der Waals surface area (Å²) in [5, 5.41) is 10.1. The lowest BCUT2D eigenvalue weighted by atomic mass is 9.50. The van der Waals surface area contributed by atoms with E-state index in [1.807, 2.05) is 0 Å². The monoisotopic (exact) mass is 224 g/mol. The summed E-state index contributed by atoms with van der Waals surface area (Å²) in [7, 11) is 1.35. The third kappa shape index (κ3) is 1.14. The molecule has 0 aromatic heterocycles. The highest BCUT2D eigenvalue weighted by molar-refractivity contribution is 5.91. The number of aliphatic hydroxyl groups is 1. The fraction of sp³-hybridized carbons (Fsp3) is 0.833. The summed E-state index contributed by atoms with van der Waals surface area (Å²) >= 11 is 0. The highest BCUT2D eigenvalue weighted by atomic mass is 16.5. The van der Waals surface area contributed by atoms with E-state index < -0.39 is 12.0 Å². The number of carbonyl (C=O) groups excluding carboxylic acids is 2. The predicted octanol–water partition coefficient (Wildman–Crippen LogP) is 0.381. The van der Waals surface area contributed by atoms with Crippen LogP contribution in [0.2, 0.25) is 0 Å². The summed E-state index contributed by atoms with van der Waals surface area (Å²) in [5.41, 5.74) is 0. The molecule has 0 aromatic carbocycles. The summed E-state index contributed by atoms with van der Waals surface area (Å²) in [4.78, 5) is 23.8. The van der Waals surface area contributed by atoms with E-state index in [2.05, 4.69) is 0 Å². The number of hydrogen-bond acceptors (Lipinski definition) is 4. The molecule has 0 saturated heterocycles. The Balaban J connectivity index is 1.97. The molecule has 0 spiro atoms. The van der Waals surface area contributed by atoms with Gasteiger partial charge in [0.2, 0.25) is 0 Å². The topological polar surface area (TPSA) is 63.6 Å². The lowest BCUT2D eigenvalue weighted by Crippen LogP contribution is -2.60. The number of esters is 1. The molecule has 4 rings (SSSR count). The van der Waals surface area contributed by atoms with Crippen molar-refractivity contribution in [1.29, 1.82) is 0 Å². The average molecular weight is 224 g/mol. The van der Waals surface area contributed by atoms with E-state index in [4.69, 9.17) is 4.74 Å². The summed E-state index contributed by atoms with van der Waals surface area (Å²) in [6, 6.07) is 0. The van der Waals surface area contributed by atoms with E-state index in [0.29, 0.717) is 0 Å². The Hall–Kier alpha value is -0.900. The first kappa shape index (κ1) is 10.3. The van der Waals surface area contributed by atoms with Crippen LogP contribution in [0.5, 0.6) is 0 Å². The van der Waals surface area contributed by atoms with Gasteiger partial charge in [-0.25, -0.2) is 0 Å². The largest absolute Gasteiger partial charge is 0.469 e. The van der Waals surface area contributed by atoms with Gasteiger partial charge in [0.25, 0.3) is 0 Å². The van der Waals surface area contributed by atoms with E-state index >= 15 is 0 Å². The van der Waals surface area contributed by atoms with Crippen LogP contribution in [0.25, 0.3) is 0 Å². The first-order valence-corrected chi connectivity index (χ1v) is 5.93. The minimum Gasteiger partial charge on any atom is -0.469 e. The lowest BCUT2D eigenvalue weighted by Gasteiger charge is -2.54. The summed E-state index contributed by atoms with van der Waals surface area (Å²) < 4.78 is 4.77. The van der Waals surface area contributed by atoms with Crippen LogP contribution in [-0.4, -0.2) is 30.1 Å². The molecule has 4 fully saturated rings. The number of Topliss-reactive ketones (excluding diaryl/α,β-unsaturated/α-hetero) is 1. The van der Waals surface area contributed by atoms with Crippen LogP contribution in [0.15, 0.2) is 0 Å². The molecule has 4 bridgehead atoms. The molecule has 4 heteroatoms. The van der Waals surface area contributed by atoms with Gasteiger partial charge in [-0.1, -0.05) is 0 Å². The number of aliphatic hydroxyl groups excluding tert-OH is 1. The van der Waals surface area contributed by atoms with Crippen molar-refractivity contribution in [3.05, 3.63) is 0 Å². The van der Waals surface area contributed by atoms with Gasteiger partial charge in [0, 0.05) is 5.92 Å². The Morgan fingerprint density at radius 1 is 1.31 bits per heavy atom. The summed E-state index contributed by atoms with van der Waals surface area (Å²) in [6.07, 6.45) is 1.89. The number of ketones is 1. The molecule has 0 heterocycles. The SMILES string of the molecule is COC(=O)[C@@H]1[C@H]2C[C@@H]3C[C@H](C2)[C@H](O)[C@H]1C3=O. The molecule has 16 heavy (non-hydrogen) atoms. The van der Waals surface area contributed by atoms with Crippen LogP contribution >= 0.6 is 0 Å². The lowest BCUT2D eigenvalue weighted by molar-refractivity contribution is -0.181. The number of ether oxygens (including phenoxy) is 1. The normalized spacial score (nSPS) is 49.5. The molecule has 0 amide bonds. The van der Waals surface area contributed by atoms with E-state index in [9.17, 15) is 14.7 Å². The molecule has 6 atom stereocenters. The molecule has 4 aliphatic carbocycles. The zero-order valence-electron chi connectivity index (χ0n) is 9.26. The minimum absolute atomic E-state index is 0.0927. The first-order valence-electron chi connectivity index (χ1n) is 5.93. The van der Waals surface area contributed by atoms with Gasteiger partial charge in [-0.05, 0) is 31.1 Å². The zero-order valence-corrected chi connectivity index (χ0v) is 9.26. The van der Waals surface area contributed by atoms with Crippen LogP contribution in [-0.2, 0) is 14.3 Å². The number of rotatable bonds is 1. The number of hydrogen-bond donors (Lipinski definition) is 1. The maximum atomic E-state index is 12.0. The van der Waals surface area contributed by atoms with Crippen LogP contribution < -0.4 is 0 Å². The second-order valence-electron chi connectivity index (χ2n) is 5.39. The van der Waals surface area contributed by atoms with Crippen LogP contribution in [0, 0.1) is 29.6 Å². The molecule has 0 aromatic rings. The fourth-order valence-electron chi connectivity index (χ4n) is 4.10. The third-order valence-corrected chi connectivity index (χ3v) is 4.73. The van der Waals surface area contributed by atoms with Crippen LogP contribution in [0.3, 0.4) is 0 Å². The number of methoxy groups -OCH3 is 1. The highest BCUT2D eigenvalue weighted by Crippen LogP contribution is 2.55. The highest BCUT2D eigenvalue weighted by Gasteiger charge is 2.60. The predicted molar refractivity (Wildman–Crippen MR) is 54.3 cm³/mol. The molecule has 4 aliphatic rings. The van der Waals surface area contributed by atoms with Crippen molar-refractivity contribution in [2.24, 2.45) is 29.6 Å². The summed E-state index contributed by atoms with van der Waals surface area (Å²) in [6.45, 7) is 0. The fourth-order valence-corrected chi connectivity index (χ4v) is 4.10. The third-order valence-electron chi connectivity index (χ3n) is 4.73. The smallest absolute Gasteiger partial charge is 0.309 e. The van der Waals surface area contributed by atoms with E-state index in [1.54, 1.807) is 0 Å². The Morgan fingerprint density at radius 2 is 2.00 bits per heavy atom. The maximum Gasteiger partial charge on any atom is 0.309 e. The van der Waals surface area contributed by atoms with Crippen molar-refractivity contribution < 1.29 is 19.4 Å². The minimum atomic E-state index is -0.621. The maximum absolute atomic E-state index is 12.0. The molecular formula is C12H16O4. The number of carbonyl (C=O) groups is 2. The second-order valence-corrected chi connectivity index (χ2v) is 5.39. The summed E-state index contributed by atoms with van der Waals surface area (Å²) in [5.74, 6) is -0.520. The molecule has 88 valence electrons. The van der Waals surface area contributed by atoms with Crippen molar-refractivity contribution >= 4 is 11.8 Å². The molecule has 4 saturated carbocycles. The second kappa shape index (κ2) is 3.29. The van der Waals surface area contributed by atoms with Crippen molar-refractivity contribution in [2.75, 3.05) is 7.11 Å². The Labute approximate surface area is 94.0 Å². The molecule has 0 unspecified atom stereocenters. The molecule has 4 nitrogen and oxygen atoms in total. The van der Waals surface area contributed by atoms with Crippen molar-refractivity contribution in [3.63, 3.8) is 0 Å². The van der Waals surface area contributed by atoms with Gasteiger partial charge in [0.1, 0.15) is 5.78 Å². The van der Waals surface area contributed by atoms with Gasteiger partial charge in [-0.3, -0.25) is 9.59 Å². The van der Waals surface area contributed by atoms with Gasteiger partial charge in [0.05, 0.1) is 25.0 Å². The van der Waals surface area contributed by atoms with Gasteiger partial charge in [0.15, 0.2) is 0 Å². The molecule has 0 aliphatic heterocycles. The van der Waals surface area contributed by atoms with Crippen LogP contribution in [0.1, 0.15) is 19.3 Å². The Kier molecular flexibility index (Phi) is 2.11. The van der Waals surface area contributed by atoms with Crippen molar-refractivity contribution in [2.45, 2.75) is 25.4 Å². The Bertz CT molecular complexity index is 351. The van der Waals surface area contributed by atoms with E-state index in [1.165, 1.54) is 7.11 Å². The average Bonchev–Trinajstić information content (AvgIpc) is 2.29.